The van der Waals surface area contributed by atoms with E-state index in [1.54, 1.807) is 12.1 Å². The van der Waals surface area contributed by atoms with Gasteiger partial charge in [0.05, 0.1) is 22.5 Å². The lowest BCUT2D eigenvalue weighted by Crippen LogP contribution is -2.55. The summed E-state index contributed by atoms with van der Waals surface area (Å²) < 4.78 is 40.0. The fraction of sp³-hybridized carbons (Fsp3) is 0.400. The standard InChI is InChI=1S/C20H22BF3N4O2/c1-11-9-28(10-12(2)27(11)3)17-5-4-13(21)6-16(17)26-19(30)14-8-25-18(29)7-15(14)20(22,23)24/h4-8,11-12H,9-10H2,1-3H3,(H,25,29)(H,26,30)/t11-,12+. The van der Waals surface area contributed by atoms with Crippen LogP contribution < -0.4 is 21.2 Å². The minimum Gasteiger partial charge on any atom is -0.367 e. The molecule has 1 aliphatic rings. The molecular weight excluding hydrogens is 396 g/mol. The maximum Gasteiger partial charge on any atom is 0.417 e. The van der Waals surface area contributed by atoms with Crippen LogP contribution in [-0.2, 0) is 6.18 Å². The first-order valence-electron chi connectivity index (χ1n) is 9.45. The first-order chi connectivity index (χ1) is 14.0. The minimum absolute atomic E-state index is 0.242. The molecule has 1 saturated heterocycles. The Hall–Kier alpha value is -2.75. The number of hydrogen-bond donors (Lipinski definition) is 2. The average molecular weight is 418 g/mol. The highest BCUT2D eigenvalue weighted by Crippen LogP contribution is 2.32. The molecule has 2 aromatic rings. The van der Waals surface area contributed by atoms with Crippen LogP contribution in [0.25, 0.3) is 0 Å². The third-order valence-electron chi connectivity index (χ3n) is 5.44. The Morgan fingerprint density at radius 1 is 1.20 bits per heavy atom. The van der Waals surface area contributed by atoms with E-state index in [-0.39, 0.29) is 12.1 Å². The number of rotatable bonds is 3. The van der Waals surface area contributed by atoms with Gasteiger partial charge in [-0.3, -0.25) is 14.5 Å². The molecule has 1 amide bonds. The Labute approximate surface area is 173 Å². The molecule has 2 heterocycles. The molecule has 30 heavy (non-hydrogen) atoms. The summed E-state index contributed by atoms with van der Waals surface area (Å²) in [7, 11) is 7.90. The molecule has 2 N–H and O–H groups in total. The number of piperazine rings is 1. The number of nitrogens with zero attached hydrogens (tertiary/aromatic N) is 2. The summed E-state index contributed by atoms with van der Waals surface area (Å²) in [5, 5.41) is 2.54. The van der Waals surface area contributed by atoms with Crippen molar-refractivity contribution in [3.8, 4) is 0 Å². The molecule has 3 rings (SSSR count). The van der Waals surface area contributed by atoms with Crippen LogP contribution in [0.2, 0.25) is 0 Å². The monoisotopic (exact) mass is 418 g/mol. The molecule has 0 aliphatic carbocycles. The van der Waals surface area contributed by atoms with Crippen molar-refractivity contribution in [3.63, 3.8) is 0 Å². The fourth-order valence-corrected chi connectivity index (χ4v) is 3.61. The van der Waals surface area contributed by atoms with Gasteiger partial charge >= 0.3 is 6.18 Å². The van der Waals surface area contributed by atoms with Gasteiger partial charge in [-0.25, -0.2) is 0 Å². The smallest absolute Gasteiger partial charge is 0.367 e. The molecule has 0 unspecified atom stereocenters. The molecule has 0 spiro atoms. The van der Waals surface area contributed by atoms with Gasteiger partial charge in [-0.05, 0) is 33.0 Å². The van der Waals surface area contributed by atoms with Crippen LogP contribution in [0.3, 0.4) is 0 Å². The van der Waals surface area contributed by atoms with Gasteiger partial charge in [0.25, 0.3) is 5.91 Å². The van der Waals surface area contributed by atoms with Gasteiger partial charge in [0, 0.05) is 37.4 Å². The Morgan fingerprint density at radius 3 is 2.43 bits per heavy atom. The Balaban J connectivity index is 1.96. The van der Waals surface area contributed by atoms with Crippen LogP contribution in [0.15, 0.2) is 35.3 Å². The van der Waals surface area contributed by atoms with E-state index in [1.165, 1.54) is 6.07 Å². The molecule has 1 aromatic heterocycles. The van der Waals surface area contributed by atoms with Gasteiger partial charge in [-0.1, -0.05) is 11.5 Å². The molecule has 158 valence electrons. The number of carbonyl (C=O) groups is 1. The lowest BCUT2D eigenvalue weighted by molar-refractivity contribution is -0.138. The highest BCUT2D eigenvalue weighted by atomic mass is 19.4. The zero-order valence-electron chi connectivity index (χ0n) is 16.9. The van der Waals surface area contributed by atoms with Gasteiger partial charge in [0.15, 0.2) is 0 Å². The second-order valence-electron chi connectivity index (χ2n) is 7.62. The summed E-state index contributed by atoms with van der Waals surface area (Å²) in [4.78, 5) is 30.5. The zero-order chi connectivity index (χ0) is 22.2. The van der Waals surface area contributed by atoms with E-state index in [1.807, 2.05) is 7.05 Å². The molecule has 0 saturated carbocycles. The van der Waals surface area contributed by atoms with Crippen LogP contribution >= 0.6 is 0 Å². The number of likely N-dealkylation sites (N-methyl/N-ethyl adjacent to an activating group) is 1. The van der Waals surface area contributed by atoms with Crippen LogP contribution in [0.1, 0.15) is 29.8 Å². The molecule has 10 heteroatoms. The van der Waals surface area contributed by atoms with Crippen LogP contribution in [0, 0.1) is 0 Å². The topological polar surface area (TPSA) is 68.4 Å². The third-order valence-corrected chi connectivity index (χ3v) is 5.44. The number of hydrogen-bond acceptors (Lipinski definition) is 4. The number of carbonyl (C=O) groups excluding carboxylic acids is 1. The van der Waals surface area contributed by atoms with Crippen molar-refractivity contribution in [2.75, 3.05) is 30.4 Å². The molecule has 1 fully saturated rings. The summed E-state index contributed by atoms with van der Waals surface area (Å²) in [6.45, 7) is 5.52. The molecule has 2 radical (unpaired) electrons. The van der Waals surface area contributed by atoms with Gasteiger partial charge < -0.3 is 15.2 Å². The van der Waals surface area contributed by atoms with Crippen LogP contribution in [0.4, 0.5) is 24.5 Å². The second-order valence-corrected chi connectivity index (χ2v) is 7.62. The largest absolute Gasteiger partial charge is 0.417 e. The number of halogens is 3. The van der Waals surface area contributed by atoms with Crippen molar-refractivity contribution in [2.45, 2.75) is 32.1 Å². The predicted octanol–water partition coefficient (Wildman–Crippen LogP) is 1.97. The molecule has 2 atom stereocenters. The molecule has 0 bridgehead atoms. The van der Waals surface area contributed by atoms with E-state index in [9.17, 15) is 22.8 Å². The number of benzene rings is 1. The van der Waals surface area contributed by atoms with E-state index in [0.29, 0.717) is 36.0 Å². The summed E-state index contributed by atoms with van der Waals surface area (Å²) in [6, 6.07) is 5.79. The maximum absolute atomic E-state index is 13.3. The van der Waals surface area contributed by atoms with Crippen molar-refractivity contribution in [1.29, 1.82) is 0 Å². The lowest BCUT2D eigenvalue weighted by Gasteiger charge is -2.44. The molecule has 6 nitrogen and oxygen atoms in total. The fourth-order valence-electron chi connectivity index (χ4n) is 3.61. The van der Waals surface area contributed by atoms with Crippen molar-refractivity contribution >= 4 is 30.6 Å². The van der Waals surface area contributed by atoms with Gasteiger partial charge in [-0.2, -0.15) is 13.2 Å². The number of pyridine rings is 1. The van der Waals surface area contributed by atoms with Gasteiger partial charge in [0.1, 0.15) is 7.85 Å². The number of aromatic nitrogens is 1. The number of aromatic amines is 1. The summed E-state index contributed by atoms with van der Waals surface area (Å²) in [6.07, 6.45) is -4.08. The quantitative estimate of drug-likeness (QED) is 0.749. The van der Waals surface area contributed by atoms with Crippen LogP contribution in [0.5, 0.6) is 0 Å². The van der Waals surface area contributed by atoms with Crippen molar-refractivity contribution in [1.82, 2.24) is 9.88 Å². The number of alkyl halides is 3. The van der Waals surface area contributed by atoms with E-state index >= 15 is 0 Å². The Morgan fingerprint density at radius 2 is 1.83 bits per heavy atom. The highest BCUT2D eigenvalue weighted by molar-refractivity contribution is 6.33. The minimum atomic E-state index is -4.85. The van der Waals surface area contributed by atoms with Crippen LogP contribution in [-0.4, -0.2) is 55.9 Å². The van der Waals surface area contributed by atoms with Crippen molar-refractivity contribution < 1.29 is 18.0 Å². The van der Waals surface area contributed by atoms with Crippen molar-refractivity contribution in [3.05, 3.63) is 51.9 Å². The Bertz CT molecular complexity index is 996. The first-order valence-corrected chi connectivity index (χ1v) is 9.45. The number of H-pyrrole nitrogens is 1. The summed E-state index contributed by atoms with van der Waals surface area (Å²) >= 11 is 0. The summed E-state index contributed by atoms with van der Waals surface area (Å²) in [5.41, 5.74) is -1.57. The van der Waals surface area contributed by atoms with E-state index in [4.69, 9.17) is 7.85 Å². The SMILES string of the molecule is [B]c1ccc(N2C[C@@H](C)N(C)[C@@H](C)C2)c(NC(=O)c2c[nH]c(=O)cc2C(F)(F)F)c1. The average Bonchev–Trinajstić information content (AvgIpc) is 2.65. The lowest BCUT2D eigenvalue weighted by atomic mass is 9.94. The molecule has 1 aromatic carbocycles. The van der Waals surface area contributed by atoms with E-state index in [0.717, 1.165) is 6.20 Å². The first kappa shape index (κ1) is 22.0. The van der Waals surface area contributed by atoms with E-state index < -0.39 is 28.8 Å². The number of nitrogens with one attached hydrogen (secondary N) is 2. The number of amides is 1. The summed E-state index contributed by atoms with van der Waals surface area (Å²) in [5.74, 6) is -0.986. The predicted molar refractivity (Wildman–Crippen MR) is 111 cm³/mol. The maximum atomic E-state index is 13.3. The zero-order valence-corrected chi connectivity index (χ0v) is 16.9. The number of anilines is 2. The van der Waals surface area contributed by atoms with Gasteiger partial charge in [0.2, 0.25) is 5.56 Å². The third kappa shape index (κ3) is 4.53. The molecular formula is C20H22BF3N4O2. The van der Waals surface area contributed by atoms with Gasteiger partial charge in [-0.15, -0.1) is 0 Å². The normalized spacial score (nSPS) is 20.3. The van der Waals surface area contributed by atoms with E-state index in [2.05, 4.69) is 33.9 Å². The highest BCUT2D eigenvalue weighted by Gasteiger charge is 2.36. The Kier molecular flexibility index (Phi) is 5.98. The molecule has 1 aliphatic heterocycles. The second kappa shape index (κ2) is 8.18. The van der Waals surface area contributed by atoms with Crippen molar-refractivity contribution in [2.24, 2.45) is 0 Å².